The summed E-state index contributed by atoms with van der Waals surface area (Å²) in [6.45, 7) is 5.35. The highest BCUT2D eigenvalue weighted by Gasteiger charge is 2.15. The molecule has 120 valence electrons. The van der Waals surface area contributed by atoms with E-state index in [0.29, 0.717) is 37.8 Å². The van der Waals surface area contributed by atoms with Crippen LogP contribution in [0.15, 0.2) is 12.1 Å². The van der Waals surface area contributed by atoms with Crippen molar-refractivity contribution in [1.29, 1.82) is 0 Å². The predicted molar refractivity (Wildman–Crippen MR) is 79.1 cm³/mol. The van der Waals surface area contributed by atoms with Crippen LogP contribution in [-0.4, -0.2) is 22.5 Å². The Hall–Kier alpha value is -0.853. The van der Waals surface area contributed by atoms with Gasteiger partial charge in [0.2, 0.25) is 0 Å². The molecular weight excluding hydrogens is 297 g/mol. The second-order valence-corrected chi connectivity index (χ2v) is 7.01. The van der Waals surface area contributed by atoms with Crippen LogP contribution >= 0.6 is 0 Å². The zero-order valence-corrected chi connectivity index (χ0v) is 13.8. The standard InChI is InChI=1S/C15H23F3O2Si/c1-3-7-19-21(20-8-4-2)9-5-6-13-14(17)10-12(16)11-15(13)18/h10-11,21H,3-9H2,1-2H3. The number of rotatable bonds is 10. The Labute approximate surface area is 126 Å². The van der Waals surface area contributed by atoms with Gasteiger partial charge in [0.15, 0.2) is 0 Å². The van der Waals surface area contributed by atoms with Crippen LogP contribution in [0.5, 0.6) is 0 Å². The minimum absolute atomic E-state index is 0.0601. The first-order valence-electron chi connectivity index (χ1n) is 7.45. The van der Waals surface area contributed by atoms with Crippen molar-refractivity contribution in [2.45, 2.75) is 45.6 Å². The third-order valence-electron chi connectivity index (χ3n) is 2.99. The second kappa shape index (κ2) is 9.97. The number of hydrogen-bond acceptors (Lipinski definition) is 2. The van der Waals surface area contributed by atoms with Gasteiger partial charge in [0.25, 0.3) is 0 Å². The summed E-state index contributed by atoms with van der Waals surface area (Å²) < 4.78 is 51.2. The molecule has 21 heavy (non-hydrogen) atoms. The maximum atomic E-state index is 13.5. The van der Waals surface area contributed by atoms with Crippen molar-refractivity contribution in [3.8, 4) is 0 Å². The molecule has 0 radical (unpaired) electrons. The van der Waals surface area contributed by atoms with Crippen LogP contribution in [0, 0.1) is 17.5 Å². The minimum Gasteiger partial charge on any atom is -0.397 e. The zero-order chi connectivity index (χ0) is 15.7. The average molecular weight is 320 g/mol. The maximum Gasteiger partial charge on any atom is 0.321 e. The Balaban J connectivity index is 2.49. The highest BCUT2D eigenvalue weighted by Crippen LogP contribution is 2.18. The third-order valence-corrected chi connectivity index (χ3v) is 5.08. The van der Waals surface area contributed by atoms with Gasteiger partial charge in [-0.3, -0.25) is 0 Å². The Morgan fingerprint density at radius 2 is 1.48 bits per heavy atom. The molecule has 0 amide bonds. The van der Waals surface area contributed by atoms with Gasteiger partial charge in [0.05, 0.1) is 0 Å². The molecule has 1 rings (SSSR count). The fraction of sp³-hybridized carbons (Fsp3) is 0.600. The highest BCUT2D eigenvalue weighted by molar-refractivity contribution is 6.44. The molecule has 0 saturated carbocycles. The molecule has 1 aromatic carbocycles. The Kier molecular flexibility index (Phi) is 8.64. The van der Waals surface area contributed by atoms with Crippen LogP contribution in [0.2, 0.25) is 6.04 Å². The fourth-order valence-corrected chi connectivity index (χ4v) is 3.93. The minimum atomic E-state index is -1.77. The summed E-state index contributed by atoms with van der Waals surface area (Å²) >= 11 is 0. The molecule has 0 aliphatic rings. The molecule has 0 aliphatic heterocycles. The Morgan fingerprint density at radius 1 is 0.952 bits per heavy atom. The second-order valence-electron chi connectivity index (χ2n) is 4.91. The van der Waals surface area contributed by atoms with Gasteiger partial charge in [-0.15, -0.1) is 0 Å². The van der Waals surface area contributed by atoms with Gasteiger partial charge in [0, 0.05) is 30.9 Å². The van der Waals surface area contributed by atoms with Crippen molar-refractivity contribution in [1.82, 2.24) is 0 Å². The van der Waals surface area contributed by atoms with Gasteiger partial charge in [-0.25, -0.2) is 13.2 Å². The van der Waals surface area contributed by atoms with Gasteiger partial charge in [-0.2, -0.15) is 0 Å². The van der Waals surface area contributed by atoms with Gasteiger partial charge < -0.3 is 8.85 Å². The zero-order valence-electron chi connectivity index (χ0n) is 12.6. The quantitative estimate of drug-likeness (QED) is 0.604. The van der Waals surface area contributed by atoms with E-state index in [2.05, 4.69) is 0 Å². The lowest BCUT2D eigenvalue weighted by Gasteiger charge is -2.16. The molecule has 0 fully saturated rings. The molecule has 0 aromatic heterocycles. The van der Waals surface area contributed by atoms with E-state index < -0.39 is 26.7 Å². The van der Waals surface area contributed by atoms with Crippen LogP contribution in [-0.2, 0) is 15.3 Å². The van der Waals surface area contributed by atoms with Gasteiger partial charge in [0.1, 0.15) is 17.5 Å². The fourth-order valence-electron chi connectivity index (χ4n) is 1.97. The van der Waals surface area contributed by atoms with Crippen LogP contribution in [0.25, 0.3) is 0 Å². The summed E-state index contributed by atoms with van der Waals surface area (Å²) in [4.78, 5) is 0. The van der Waals surface area contributed by atoms with Crippen molar-refractivity contribution in [3.05, 3.63) is 35.1 Å². The van der Waals surface area contributed by atoms with Crippen LogP contribution in [0.4, 0.5) is 13.2 Å². The smallest absolute Gasteiger partial charge is 0.321 e. The first kappa shape index (κ1) is 18.2. The molecule has 0 unspecified atom stereocenters. The molecule has 0 atom stereocenters. The van der Waals surface area contributed by atoms with E-state index in [0.717, 1.165) is 12.8 Å². The first-order valence-corrected chi connectivity index (χ1v) is 9.21. The molecule has 0 aliphatic carbocycles. The van der Waals surface area contributed by atoms with E-state index in [-0.39, 0.29) is 12.0 Å². The van der Waals surface area contributed by atoms with E-state index in [1.807, 2.05) is 13.8 Å². The largest absolute Gasteiger partial charge is 0.397 e. The van der Waals surface area contributed by atoms with E-state index >= 15 is 0 Å². The van der Waals surface area contributed by atoms with Crippen LogP contribution in [0.3, 0.4) is 0 Å². The van der Waals surface area contributed by atoms with Crippen molar-refractivity contribution in [2.24, 2.45) is 0 Å². The van der Waals surface area contributed by atoms with Crippen LogP contribution in [0.1, 0.15) is 38.7 Å². The summed E-state index contributed by atoms with van der Waals surface area (Å²) in [6, 6.07) is 2.12. The molecule has 1 aromatic rings. The lowest BCUT2D eigenvalue weighted by atomic mass is 10.1. The van der Waals surface area contributed by atoms with E-state index in [4.69, 9.17) is 8.85 Å². The lowest BCUT2D eigenvalue weighted by molar-refractivity contribution is 0.196. The SMILES string of the molecule is CCCO[SiH](CCCc1c(F)cc(F)cc1F)OCCC. The summed E-state index contributed by atoms with van der Waals surface area (Å²) in [5.41, 5.74) is -0.0601. The molecule has 0 saturated heterocycles. The van der Waals surface area contributed by atoms with Crippen molar-refractivity contribution >= 4 is 9.28 Å². The molecule has 6 heteroatoms. The maximum absolute atomic E-state index is 13.5. The van der Waals surface area contributed by atoms with Gasteiger partial charge in [-0.05, 0) is 31.7 Å². The topological polar surface area (TPSA) is 18.5 Å². The summed E-state index contributed by atoms with van der Waals surface area (Å²) in [6.07, 6.45) is 2.64. The predicted octanol–water partition coefficient (Wildman–Crippen LogP) is 4.11. The third kappa shape index (κ3) is 6.63. The number of halogens is 3. The highest BCUT2D eigenvalue weighted by atomic mass is 28.3. The van der Waals surface area contributed by atoms with Crippen molar-refractivity contribution in [3.63, 3.8) is 0 Å². The lowest BCUT2D eigenvalue weighted by Crippen LogP contribution is -2.24. The molecule has 0 bridgehead atoms. The normalized spacial score (nSPS) is 11.3. The Morgan fingerprint density at radius 3 is 1.95 bits per heavy atom. The summed E-state index contributed by atoms with van der Waals surface area (Å²) in [7, 11) is -1.77. The van der Waals surface area contributed by atoms with E-state index in [1.165, 1.54) is 0 Å². The number of benzene rings is 1. The van der Waals surface area contributed by atoms with Crippen molar-refractivity contribution in [2.75, 3.05) is 13.2 Å². The molecular formula is C15H23F3O2Si. The van der Waals surface area contributed by atoms with Gasteiger partial charge in [-0.1, -0.05) is 13.8 Å². The Bertz CT molecular complexity index is 398. The summed E-state index contributed by atoms with van der Waals surface area (Å²) in [5.74, 6) is -2.54. The average Bonchev–Trinajstić information content (AvgIpc) is 2.43. The molecule has 0 N–H and O–H groups in total. The van der Waals surface area contributed by atoms with Crippen LogP contribution < -0.4 is 0 Å². The monoisotopic (exact) mass is 320 g/mol. The van der Waals surface area contributed by atoms with E-state index in [9.17, 15) is 13.2 Å². The van der Waals surface area contributed by atoms with Crippen molar-refractivity contribution < 1.29 is 22.0 Å². The first-order chi connectivity index (χ1) is 10.1. The molecule has 2 nitrogen and oxygen atoms in total. The molecule has 0 heterocycles. The van der Waals surface area contributed by atoms with Gasteiger partial charge >= 0.3 is 9.28 Å². The molecule has 0 spiro atoms. The summed E-state index contributed by atoms with van der Waals surface area (Å²) in [5, 5.41) is 0. The van der Waals surface area contributed by atoms with E-state index in [1.54, 1.807) is 0 Å². The number of hydrogen-bond donors (Lipinski definition) is 0.